The van der Waals surface area contributed by atoms with Crippen LogP contribution in [0.4, 0.5) is 11.4 Å². The Hall–Kier alpha value is -5.20. The van der Waals surface area contributed by atoms with Crippen LogP contribution in [0.5, 0.6) is 0 Å². The molecule has 248 valence electrons. The number of amides is 2. The van der Waals surface area contributed by atoms with Gasteiger partial charge in [-0.3, -0.25) is 24.6 Å². The van der Waals surface area contributed by atoms with Gasteiger partial charge in [-0.1, -0.05) is 0 Å². The van der Waals surface area contributed by atoms with Crippen LogP contribution in [0.25, 0.3) is 33.5 Å². The minimum Gasteiger partial charge on any atom is -0.367 e. The number of methoxy groups -OCH3 is 1. The Morgan fingerprint density at radius 2 is 1.80 bits per heavy atom. The average Bonchev–Trinajstić information content (AvgIpc) is 3.77. The third kappa shape index (κ3) is 5.31. The number of hydrogen-bond donors (Lipinski definition) is 2. The summed E-state index contributed by atoms with van der Waals surface area (Å²) in [6.45, 7) is 2.75. The fourth-order valence-corrected chi connectivity index (χ4v) is 7.56. The summed E-state index contributed by atoms with van der Waals surface area (Å²) in [7, 11) is 1.57. The van der Waals surface area contributed by atoms with Crippen molar-refractivity contribution >= 4 is 34.1 Å². The fourth-order valence-electron chi connectivity index (χ4n) is 7.56. The molecule has 4 aliphatic rings. The van der Waals surface area contributed by atoms with Crippen molar-refractivity contribution in [2.45, 2.75) is 42.9 Å². The second-order valence-electron chi connectivity index (χ2n) is 13.6. The molecule has 4 fully saturated rings. The number of carbonyl (C=O) groups is 2. The van der Waals surface area contributed by atoms with E-state index in [2.05, 4.69) is 53.6 Å². The van der Waals surface area contributed by atoms with E-state index < -0.39 is 5.60 Å². The molecular weight excluding hydrogens is 618 g/mol. The van der Waals surface area contributed by atoms with E-state index in [-0.39, 0.29) is 24.4 Å². The predicted octanol–water partition coefficient (Wildman–Crippen LogP) is 4.09. The van der Waals surface area contributed by atoms with E-state index in [9.17, 15) is 9.59 Å². The summed E-state index contributed by atoms with van der Waals surface area (Å²) in [5, 5.41) is 11.7. The SMILES string of the molecule is COC1(C(=O)Nc2ccc3[nH]nc(-c4ccnc(C5CC5)c4)c3c2)CCN(CC(=O)N2C[C@@H]3C2CN3c2ccc(-c3ncccn3)cc2)C1. The zero-order chi connectivity index (χ0) is 33.1. The number of fused-ring (bicyclic) bond motifs is 2. The maximum atomic E-state index is 13.7. The number of ether oxygens (including phenoxy) is 1. The second kappa shape index (κ2) is 11.7. The third-order valence-corrected chi connectivity index (χ3v) is 10.7. The lowest BCUT2D eigenvalue weighted by Crippen LogP contribution is -2.80. The molecule has 3 saturated heterocycles. The van der Waals surface area contributed by atoms with Crippen molar-refractivity contribution in [1.29, 1.82) is 0 Å². The molecule has 9 rings (SSSR count). The zero-order valence-electron chi connectivity index (χ0n) is 27.2. The number of likely N-dealkylation sites (tertiary alicyclic amines) is 2. The number of pyridine rings is 1. The van der Waals surface area contributed by atoms with Gasteiger partial charge in [0.2, 0.25) is 5.91 Å². The minimum absolute atomic E-state index is 0.101. The van der Waals surface area contributed by atoms with E-state index >= 15 is 0 Å². The summed E-state index contributed by atoms with van der Waals surface area (Å²) in [5.74, 6) is 1.14. The highest BCUT2D eigenvalue weighted by atomic mass is 16.5. The van der Waals surface area contributed by atoms with E-state index in [1.807, 2.05) is 58.5 Å². The van der Waals surface area contributed by atoms with Crippen molar-refractivity contribution < 1.29 is 14.3 Å². The number of nitrogens with zero attached hydrogens (tertiary/aromatic N) is 7. The molecule has 0 radical (unpaired) electrons. The minimum atomic E-state index is -1.04. The van der Waals surface area contributed by atoms with Gasteiger partial charge in [0.05, 0.1) is 24.1 Å². The Labute approximate surface area is 283 Å². The van der Waals surface area contributed by atoms with E-state index in [0.717, 1.165) is 45.6 Å². The van der Waals surface area contributed by atoms with Crippen LogP contribution < -0.4 is 10.2 Å². The van der Waals surface area contributed by atoms with Crippen molar-refractivity contribution in [3.05, 3.63) is 84.9 Å². The topological polar surface area (TPSA) is 132 Å². The number of piperazine rings is 1. The predicted molar refractivity (Wildman–Crippen MR) is 185 cm³/mol. The molecule has 3 aliphatic heterocycles. The van der Waals surface area contributed by atoms with Crippen molar-refractivity contribution in [2.24, 2.45) is 0 Å². The van der Waals surface area contributed by atoms with Crippen LogP contribution in [-0.2, 0) is 14.3 Å². The fraction of sp³-hybridized carbons (Fsp3) is 0.351. The molecule has 3 atom stereocenters. The van der Waals surface area contributed by atoms with Crippen LogP contribution in [0.1, 0.15) is 30.9 Å². The van der Waals surface area contributed by atoms with Gasteiger partial charge in [-0.05, 0) is 79.9 Å². The molecule has 0 spiro atoms. The van der Waals surface area contributed by atoms with Gasteiger partial charge in [0, 0.05) is 91.4 Å². The Kier molecular flexibility index (Phi) is 7.17. The van der Waals surface area contributed by atoms with Gasteiger partial charge in [-0.15, -0.1) is 0 Å². The number of nitrogens with one attached hydrogen (secondary N) is 2. The molecule has 2 amide bonds. The van der Waals surface area contributed by atoms with Crippen LogP contribution in [0, 0.1) is 0 Å². The standard InChI is InChI=1S/C37H37N9O3/c1-49-37(36(48)41-26-7-10-29-28(18-26)34(43-42-29)25-11-15-38-30(17-25)23-3-4-23)12-16-44(22-37)21-33(47)46-20-31-32(46)19-45(31)27-8-5-24(6-9-27)35-39-13-2-14-40-35/h2,5-11,13-15,17-18,23,31-32H,3-4,12,16,19-22H2,1H3,(H,41,48)(H,42,43)/t31-,32?,37?/m1/s1. The number of hydrogen-bond acceptors (Lipinski definition) is 9. The first-order valence-electron chi connectivity index (χ1n) is 16.9. The number of aromatic amines is 1. The second-order valence-corrected chi connectivity index (χ2v) is 13.6. The van der Waals surface area contributed by atoms with Gasteiger partial charge in [0.15, 0.2) is 11.4 Å². The smallest absolute Gasteiger partial charge is 0.258 e. The van der Waals surface area contributed by atoms with Crippen LogP contribution in [0.15, 0.2) is 79.3 Å². The third-order valence-electron chi connectivity index (χ3n) is 10.7. The molecule has 6 heterocycles. The lowest BCUT2D eigenvalue weighted by atomic mass is 9.84. The zero-order valence-corrected chi connectivity index (χ0v) is 27.2. The van der Waals surface area contributed by atoms with E-state index in [0.29, 0.717) is 49.5 Å². The summed E-state index contributed by atoms with van der Waals surface area (Å²) in [4.78, 5) is 46.7. The molecule has 12 nitrogen and oxygen atoms in total. The highest BCUT2D eigenvalue weighted by molar-refractivity contribution is 6.01. The summed E-state index contributed by atoms with van der Waals surface area (Å²) in [5.41, 5.74) is 5.60. The van der Waals surface area contributed by atoms with Crippen molar-refractivity contribution in [3.8, 4) is 22.6 Å². The number of H-pyrrole nitrogens is 1. The first-order valence-corrected chi connectivity index (χ1v) is 16.9. The maximum Gasteiger partial charge on any atom is 0.258 e. The monoisotopic (exact) mass is 655 g/mol. The number of aromatic nitrogens is 5. The van der Waals surface area contributed by atoms with Crippen molar-refractivity contribution in [3.63, 3.8) is 0 Å². The molecule has 3 aromatic heterocycles. The van der Waals surface area contributed by atoms with Gasteiger partial charge in [-0.2, -0.15) is 5.10 Å². The van der Waals surface area contributed by atoms with Crippen LogP contribution >= 0.6 is 0 Å². The molecule has 0 bridgehead atoms. The lowest BCUT2D eigenvalue weighted by Gasteiger charge is -2.62. The summed E-state index contributed by atoms with van der Waals surface area (Å²) in [6.07, 6.45) is 8.20. The normalized spacial score (nSPS) is 23.2. The first-order chi connectivity index (χ1) is 24.0. The largest absolute Gasteiger partial charge is 0.367 e. The Balaban J connectivity index is 0.810. The lowest BCUT2D eigenvalue weighted by molar-refractivity contribution is -0.146. The van der Waals surface area contributed by atoms with Gasteiger partial charge >= 0.3 is 0 Å². The summed E-state index contributed by atoms with van der Waals surface area (Å²) in [6, 6.07) is 20.5. The van der Waals surface area contributed by atoms with Gasteiger partial charge in [0.25, 0.3) is 5.91 Å². The van der Waals surface area contributed by atoms with Gasteiger partial charge < -0.3 is 19.9 Å². The number of benzene rings is 2. The maximum absolute atomic E-state index is 13.7. The first kappa shape index (κ1) is 29.9. The Morgan fingerprint density at radius 1 is 0.959 bits per heavy atom. The van der Waals surface area contributed by atoms with Gasteiger partial charge in [-0.25, -0.2) is 9.97 Å². The molecule has 1 aliphatic carbocycles. The molecule has 49 heavy (non-hydrogen) atoms. The number of carbonyl (C=O) groups excluding carboxylic acids is 2. The van der Waals surface area contributed by atoms with E-state index in [1.54, 1.807) is 19.5 Å². The van der Waals surface area contributed by atoms with Crippen LogP contribution in [0.2, 0.25) is 0 Å². The van der Waals surface area contributed by atoms with E-state index in [1.165, 1.54) is 12.8 Å². The Bertz CT molecular complexity index is 2050. The quantitative estimate of drug-likeness (QED) is 0.241. The summed E-state index contributed by atoms with van der Waals surface area (Å²) < 4.78 is 5.88. The molecule has 5 aromatic rings. The molecule has 2 N–H and O–H groups in total. The van der Waals surface area contributed by atoms with Crippen LogP contribution in [-0.4, -0.2) is 104 Å². The molecule has 2 aromatic carbocycles. The van der Waals surface area contributed by atoms with E-state index in [4.69, 9.17) is 4.74 Å². The number of rotatable bonds is 9. The summed E-state index contributed by atoms with van der Waals surface area (Å²) >= 11 is 0. The van der Waals surface area contributed by atoms with Crippen LogP contribution in [0.3, 0.4) is 0 Å². The average molecular weight is 656 g/mol. The molecular formula is C37H37N9O3. The molecule has 12 heteroatoms. The molecule has 2 unspecified atom stereocenters. The van der Waals surface area contributed by atoms with Crippen molar-refractivity contribution in [2.75, 3.05) is 50.1 Å². The van der Waals surface area contributed by atoms with Crippen molar-refractivity contribution in [1.82, 2.24) is 34.9 Å². The number of anilines is 2. The molecule has 1 saturated carbocycles. The Morgan fingerprint density at radius 3 is 2.55 bits per heavy atom. The highest BCUT2D eigenvalue weighted by Gasteiger charge is 2.54. The highest BCUT2D eigenvalue weighted by Crippen LogP contribution is 2.41. The van der Waals surface area contributed by atoms with Gasteiger partial charge in [0.1, 0.15) is 5.69 Å².